The number of halogens is 3. The Kier molecular flexibility index (Phi) is 7.22. The molecule has 2 aliphatic rings. The van der Waals surface area contributed by atoms with Gasteiger partial charge in [0.2, 0.25) is 0 Å². The number of hydrazone groups is 1. The molecule has 2 radical (unpaired) electrons. The van der Waals surface area contributed by atoms with Gasteiger partial charge < -0.3 is 9.80 Å². The number of nitrogens with zero attached hydrogens (tertiary/aromatic N) is 4. The predicted molar refractivity (Wildman–Crippen MR) is 149 cm³/mol. The minimum Gasteiger partial charge on any atom is -0.350 e. The molecule has 1 aliphatic heterocycles. The maximum Gasteiger partial charge on any atom is 0.167 e. The van der Waals surface area contributed by atoms with E-state index in [0.29, 0.717) is 46.4 Å². The number of pyridine rings is 1. The van der Waals surface area contributed by atoms with Crippen LogP contribution in [-0.4, -0.2) is 52.9 Å². The van der Waals surface area contributed by atoms with Gasteiger partial charge >= 0.3 is 0 Å². The lowest BCUT2D eigenvalue weighted by Crippen LogP contribution is -2.58. The minimum atomic E-state index is -1.58. The van der Waals surface area contributed by atoms with Crippen molar-refractivity contribution >= 4 is 59.2 Å². The number of aromatic nitrogens is 1. The summed E-state index contributed by atoms with van der Waals surface area (Å²) in [5.41, 5.74) is 2.84. The molecule has 0 amide bonds. The second-order valence-corrected chi connectivity index (χ2v) is 11.5. The summed E-state index contributed by atoms with van der Waals surface area (Å²) in [6.07, 6.45) is 3.23. The Balaban J connectivity index is 1.50. The lowest BCUT2D eigenvalue weighted by molar-refractivity contribution is 0.258. The topological polar surface area (TPSA) is 60.8 Å². The number of benzene rings is 2. The maximum atomic E-state index is 14.7. The van der Waals surface area contributed by atoms with Crippen molar-refractivity contribution in [2.45, 2.75) is 37.1 Å². The lowest BCUT2D eigenvalue weighted by Gasteiger charge is -2.44. The Morgan fingerprint density at radius 1 is 1.16 bits per heavy atom. The number of nitrogens with one attached hydrogen (secondary N) is 1. The summed E-state index contributed by atoms with van der Waals surface area (Å²) in [5.74, 6) is 0.401. The van der Waals surface area contributed by atoms with Crippen molar-refractivity contribution in [3.05, 3.63) is 81.2 Å². The highest BCUT2D eigenvalue weighted by molar-refractivity contribution is 7.83. The summed E-state index contributed by atoms with van der Waals surface area (Å²) in [6, 6.07) is 12.2. The molecule has 1 spiro atoms. The van der Waals surface area contributed by atoms with Crippen LogP contribution in [0.15, 0.2) is 58.7 Å². The van der Waals surface area contributed by atoms with Crippen LogP contribution < -0.4 is 15.2 Å². The van der Waals surface area contributed by atoms with E-state index in [1.807, 2.05) is 30.9 Å². The van der Waals surface area contributed by atoms with E-state index < -0.39 is 16.8 Å². The molecule has 3 aromatic rings. The van der Waals surface area contributed by atoms with E-state index in [2.05, 4.69) is 19.8 Å². The molecular weight excluding hydrogens is 531 g/mol. The molecule has 37 heavy (non-hydrogen) atoms. The first kappa shape index (κ1) is 26.0. The van der Waals surface area contributed by atoms with Gasteiger partial charge in [0.1, 0.15) is 7.85 Å². The Hall–Kier alpha value is -2.62. The molecule has 6 nitrogen and oxygen atoms in total. The lowest BCUT2D eigenvalue weighted by atomic mass is 9.87. The van der Waals surface area contributed by atoms with Crippen LogP contribution in [0.5, 0.6) is 0 Å². The molecule has 1 unspecified atom stereocenters. The van der Waals surface area contributed by atoms with Crippen LogP contribution in [0, 0.1) is 19.7 Å². The van der Waals surface area contributed by atoms with Crippen LogP contribution in [0.3, 0.4) is 0 Å². The van der Waals surface area contributed by atoms with Crippen molar-refractivity contribution in [1.29, 1.82) is 0 Å². The molecule has 2 fully saturated rings. The highest BCUT2D eigenvalue weighted by atomic mass is 35.5. The third-order valence-corrected chi connectivity index (χ3v) is 8.45. The molecule has 1 saturated carbocycles. The molecule has 2 heterocycles. The van der Waals surface area contributed by atoms with Gasteiger partial charge in [0.25, 0.3) is 0 Å². The highest BCUT2D eigenvalue weighted by Gasteiger charge is 2.53. The number of hydrogen-bond acceptors (Lipinski definition) is 4. The molecule has 1 atom stereocenters. The highest BCUT2D eigenvalue weighted by Crippen LogP contribution is 2.46. The Labute approximate surface area is 229 Å². The fourth-order valence-electron chi connectivity index (χ4n) is 4.72. The Bertz CT molecular complexity index is 1400. The molecule has 1 saturated heterocycles. The summed E-state index contributed by atoms with van der Waals surface area (Å²) in [5, 5.41) is 5.42. The van der Waals surface area contributed by atoms with E-state index >= 15 is 0 Å². The Morgan fingerprint density at radius 3 is 2.57 bits per heavy atom. The first-order chi connectivity index (χ1) is 17.7. The second-order valence-electron chi connectivity index (χ2n) is 9.50. The second kappa shape index (κ2) is 10.3. The molecule has 1 aliphatic carbocycles. The van der Waals surface area contributed by atoms with Gasteiger partial charge in [-0.2, -0.15) is 0 Å². The first-order valence-corrected chi connectivity index (χ1v) is 13.8. The first-order valence-electron chi connectivity index (χ1n) is 11.9. The van der Waals surface area contributed by atoms with E-state index in [4.69, 9.17) is 31.0 Å². The molecule has 5 rings (SSSR count). The monoisotopic (exact) mass is 555 g/mol. The molecule has 1 aromatic heterocycles. The zero-order valence-electron chi connectivity index (χ0n) is 20.5. The standard InChI is InChI=1S/C26H25BCl2FN5OS/c1-16-3-5-19(6-4-16)37(36)33-32-25(23-17(2)20(27)7-8-21(23)29)35-12-11-34(15-26(35)9-10-26)24-22(30)13-18(28)14-31-24/h3-8,13-14,33H,9-12,15H2,1-2H3/b32-25-. The average molecular weight is 556 g/mol. The van der Waals surface area contributed by atoms with Crippen molar-refractivity contribution in [1.82, 2.24) is 14.7 Å². The van der Waals surface area contributed by atoms with Gasteiger partial charge in [-0.25, -0.2) is 18.4 Å². The largest absolute Gasteiger partial charge is 0.350 e. The van der Waals surface area contributed by atoms with Crippen molar-refractivity contribution in [2.75, 3.05) is 24.5 Å². The fraction of sp³-hybridized carbons (Fsp3) is 0.308. The summed E-state index contributed by atoms with van der Waals surface area (Å²) < 4.78 is 27.7. The predicted octanol–water partition coefficient (Wildman–Crippen LogP) is 4.27. The summed E-state index contributed by atoms with van der Waals surface area (Å²) in [7, 11) is 4.67. The van der Waals surface area contributed by atoms with Crippen molar-refractivity contribution in [3.8, 4) is 0 Å². The smallest absolute Gasteiger partial charge is 0.167 e. The number of anilines is 1. The summed E-state index contributed by atoms with van der Waals surface area (Å²) in [4.78, 5) is 11.8. The van der Waals surface area contributed by atoms with Gasteiger partial charge in [0.15, 0.2) is 28.5 Å². The van der Waals surface area contributed by atoms with Gasteiger partial charge in [0, 0.05) is 31.4 Å². The number of amidine groups is 1. The molecule has 11 heteroatoms. The van der Waals surface area contributed by atoms with E-state index in [9.17, 15) is 8.60 Å². The zero-order chi connectivity index (χ0) is 26.3. The van der Waals surface area contributed by atoms with E-state index in [-0.39, 0.29) is 16.4 Å². The third-order valence-electron chi connectivity index (χ3n) is 6.97. The van der Waals surface area contributed by atoms with Crippen molar-refractivity contribution in [3.63, 3.8) is 0 Å². The normalized spacial score (nSPS) is 17.7. The van der Waals surface area contributed by atoms with E-state index in [1.165, 1.54) is 12.3 Å². The quantitative estimate of drug-likeness (QED) is 0.221. The van der Waals surface area contributed by atoms with Crippen LogP contribution in [0.4, 0.5) is 10.2 Å². The molecule has 190 valence electrons. The molecule has 2 aromatic carbocycles. The number of piperazine rings is 1. The molecule has 1 N–H and O–H groups in total. The van der Waals surface area contributed by atoms with Gasteiger partial charge in [-0.3, -0.25) is 0 Å². The fourth-order valence-corrected chi connectivity index (χ4v) is 5.81. The van der Waals surface area contributed by atoms with Crippen LogP contribution >= 0.6 is 23.2 Å². The van der Waals surface area contributed by atoms with Gasteiger partial charge in [0.05, 0.1) is 20.5 Å². The van der Waals surface area contributed by atoms with Gasteiger partial charge in [-0.1, -0.05) is 52.4 Å². The van der Waals surface area contributed by atoms with Crippen molar-refractivity contribution < 1.29 is 8.60 Å². The summed E-state index contributed by atoms with van der Waals surface area (Å²) >= 11 is 12.6. The number of rotatable bonds is 5. The van der Waals surface area contributed by atoms with Crippen molar-refractivity contribution in [2.24, 2.45) is 5.10 Å². The van der Waals surface area contributed by atoms with Crippen LogP contribution in [-0.2, 0) is 11.0 Å². The van der Waals surface area contributed by atoms with Crippen LogP contribution in [0.2, 0.25) is 10.0 Å². The minimum absolute atomic E-state index is 0.259. The molecule has 0 bridgehead atoms. The zero-order valence-corrected chi connectivity index (χ0v) is 22.8. The summed E-state index contributed by atoms with van der Waals surface area (Å²) in [6.45, 7) is 5.46. The SMILES string of the molecule is [B]c1ccc(Cl)c(/C(=N/NS(=O)c2ccc(C)cc2)N2CCN(c3ncc(Cl)cc3F)CC23CC3)c1C. The number of hydrogen-bond donors (Lipinski definition) is 1. The maximum absolute atomic E-state index is 14.7. The van der Waals surface area contributed by atoms with Gasteiger partial charge in [-0.05, 0) is 56.5 Å². The van der Waals surface area contributed by atoms with E-state index in [0.717, 1.165) is 24.0 Å². The number of aryl methyl sites for hydroxylation is 1. The van der Waals surface area contributed by atoms with Crippen LogP contribution in [0.25, 0.3) is 0 Å². The van der Waals surface area contributed by atoms with E-state index in [1.54, 1.807) is 24.3 Å². The molecular formula is C26H25BCl2FN5OS. The Morgan fingerprint density at radius 2 is 1.89 bits per heavy atom. The van der Waals surface area contributed by atoms with Gasteiger partial charge in [-0.15, -0.1) is 5.10 Å². The van der Waals surface area contributed by atoms with Crippen LogP contribution in [0.1, 0.15) is 29.5 Å². The third kappa shape index (κ3) is 5.22. The average Bonchev–Trinajstić information content (AvgIpc) is 3.63.